The monoisotopic (exact) mass is 285 g/mol. The van der Waals surface area contributed by atoms with Gasteiger partial charge in [0, 0.05) is 5.54 Å². The molecule has 0 radical (unpaired) electrons. The average Bonchev–Trinajstić information content (AvgIpc) is 2.80. The summed E-state index contributed by atoms with van der Waals surface area (Å²) in [6.07, 6.45) is 2.49. The zero-order valence-corrected chi connectivity index (χ0v) is 12.4. The van der Waals surface area contributed by atoms with Gasteiger partial charge in [0.1, 0.15) is 11.6 Å². The maximum atomic E-state index is 13.5. The van der Waals surface area contributed by atoms with Gasteiger partial charge in [-0.25, -0.2) is 4.39 Å². The minimum absolute atomic E-state index is 0.205. The van der Waals surface area contributed by atoms with Gasteiger partial charge in [0.05, 0.1) is 7.11 Å². The van der Waals surface area contributed by atoms with Crippen LogP contribution < -0.4 is 10.5 Å². The summed E-state index contributed by atoms with van der Waals surface area (Å²) in [5, 5.41) is 0. The van der Waals surface area contributed by atoms with Crippen LogP contribution >= 0.6 is 0 Å². The highest BCUT2D eigenvalue weighted by atomic mass is 19.1. The summed E-state index contributed by atoms with van der Waals surface area (Å²) in [6, 6.07) is 11.0. The third-order valence-corrected chi connectivity index (χ3v) is 4.51. The van der Waals surface area contributed by atoms with Crippen LogP contribution in [0, 0.1) is 12.7 Å². The molecule has 21 heavy (non-hydrogen) atoms. The molecule has 0 saturated carbocycles. The first-order valence-corrected chi connectivity index (χ1v) is 7.23. The zero-order chi connectivity index (χ0) is 15.0. The molecular weight excluding hydrogens is 265 g/mol. The van der Waals surface area contributed by atoms with E-state index in [2.05, 4.69) is 6.07 Å². The van der Waals surface area contributed by atoms with Gasteiger partial charge in [0.2, 0.25) is 0 Å². The molecule has 0 aromatic heterocycles. The number of aryl methyl sites for hydroxylation is 2. The fourth-order valence-electron chi connectivity index (χ4n) is 3.21. The topological polar surface area (TPSA) is 35.2 Å². The Kier molecular flexibility index (Phi) is 3.46. The Morgan fingerprint density at radius 1 is 1.24 bits per heavy atom. The predicted molar refractivity (Wildman–Crippen MR) is 82.0 cm³/mol. The minimum Gasteiger partial charge on any atom is -0.497 e. The summed E-state index contributed by atoms with van der Waals surface area (Å²) in [5.74, 6) is 0.615. The molecule has 0 saturated heterocycles. The van der Waals surface area contributed by atoms with Gasteiger partial charge in [-0.05, 0) is 72.7 Å². The van der Waals surface area contributed by atoms with Crippen LogP contribution in [-0.4, -0.2) is 7.11 Å². The molecule has 2 aromatic rings. The first-order valence-electron chi connectivity index (χ1n) is 7.23. The van der Waals surface area contributed by atoms with Gasteiger partial charge in [-0.3, -0.25) is 0 Å². The molecule has 0 fully saturated rings. The molecule has 0 bridgehead atoms. The molecule has 0 amide bonds. The fourth-order valence-corrected chi connectivity index (χ4v) is 3.21. The summed E-state index contributed by atoms with van der Waals surface area (Å²) in [6.45, 7) is 2.00. The van der Waals surface area contributed by atoms with E-state index in [4.69, 9.17) is 10.5 Å². The van der Waals surface area contributed by atoms with Crippen molar-refractivity contribution in [2.45, 2.75) is 31.7 Å². The Hall–Kier alpha value is -1.87. The van der Waals surface area contributed by atoms with E-state index in [0.717, 1.165) is 35.3 Å². The predicted octanol–water partition coefficient (Wildman–Crippen LogP) is 3.49. The largest absolute Gasteiger partial charge is 0.497 e. The summed E-state index contributed by atoms with van der Waals surface area (Å²) < 4.78 is 18.8. The molecule has 0 aliphatic heterocycles. The van der Waals surface area contributed by atoms with Crippen molar-refractivity contribution < 1.29 is 9.13 Å². The van der Waals surface area contributed by atoms with E-state index in [1.807, 2.05) is 25.1 Å². The first-order chi connectivity index (χ1) is 10.0. The SMILES string of the molecule is COc1ccc2c(c1)C(N)(Cc1cc(F)ccc1C)CC2. The van der Waals surface area contributed by atoms with Crippen molar-refractivity contribution in [3.8, 4) is 5.75 Å². The van der Waals surface area contributed by atoms with Crippen molar-refractivity contribution in [1.29, 1.82) is 0 Å². The van der Waals surface area contributed by atoms with Crippen LogP contribution in [-0.2, 0) is 18.4 Å². The van der Waals surface area contributed by atoms with Gasteiger partial charge < -0.3 is 10.5 Å². The lowest BCUT2D eigenvalue weighted by Gasteiger charge is -2.27. The van der Waals surface area contributed by atoms with Crippen molar-refractivity contribution >= 4 is 0 Å². The number of hydrogen-bond donors (Lipinski definition) is 1. The minimum atomic E-state index is -0.442. The fraction of sp³-hybridized carbons (Fsp3) is 0.333. The van der Waals surface area contributed by atoms with E-state index in [1.54, 1.807) is 13.2 Å². The van der Waals surface area contributed by atoms with Crippen LogP contribution in [0.25, 0.3) is 0 Å². The number of rotatable bonds is 3. The van der Waals surface area contributed by atoms with Crippen LogP contribution in [0.15, 0.2) is 36.4 Å². The van der Waals surface area contributed by atoms with Gasteiger partial charge in [0.15, 0.2) is 0 Å². The maximum absolute atomic E-state index is 13.5. The third-order valence-electron chi connectivity index (χ3n) is 4.51. The van der Waals surface area contributed by atoms with Crippen LogP contribution in [0.5, 0.6) is 5.75 Å². The third kappa shape index (κ3) is 2.54. The van der Waals surface area contributed by atoms with Crippen molar-refractivity contribution in [2.75, 3.05) is 7.11 Å². The van der Waals surface area contributed by atoms with Gasteiger partial charge in [-0.15, -0.1) is 0 Å². The Balaban J connectivity index is 1.98. The average molecular weight is 285 g/mol. The molecule has 2 nitrogen and oxygen atoms in total. The maximum Gasteiger partial charge on any atom is 0.123 e. The summed E-state index contributed by atoms with van der Waals surface area (Å²) in [5.41, 5.74) is 10.7. The van der Waals surface area contributed by atoms with Crippen LogP contribution in [0.1, 0.15) is 28.7 Å². The Morgan fingerprint density at radius 3 is 2.81 bits per heavy atom. The van der Waals surface area contributed by atoms with Crippen molar-refractivity contribution in [2.24, 2.45) is 5.73 Å². The molecule has 110 valence electrons. The Labute approximate surface area is 124 Å². The lowest BCUT2D eigenvalue weighted by Crippen LogP contribution is -2.36. The van der Waals surface area contributed by atoms with Gasteiger partial charge in [-0.2, -0.15) is 0 Å². The molecule has 1 unspecified atom stereocenters. The summed E-state index contributed by atoms with van der Waals surface area (Å²) >= 11 is 0. The Morgan fingerprint density at radius 2 is 2.05 bits per heavy atom. The van der Waals surface area contributed by atoms with E-state index in [9.17, 15) is 4.39 Å². The normalized spacial score (nSPS) is 20.4. The van der Waals surface area contributed by atoms with E-state index in [-0.39, 0.29) is 5.82 Å². The Bertz CT molecular complexity index is 683. The molecule has 0 spiro atoms. The number of fused-ring (bicyclic) bond motifs is 1. The quantitative estimate of drug-likeness (QED) is 0.937. The summed E-state index contributed by atoms with van der Waals surface area (Å²) in [7, 11) is 1.66. The van der Waals surface area contributed by atoms with Crippen LogP contribution in [0.3, 0.4) is 0 Å². The molecule has 1 atom stereocenters. The van der Waals surface area contributed by atoms with Crippen molar-refractivity contribution in [3.63, 3.8) is 0 Å². The van der Waals surface area contributed by atoms with Crippen LogP contribution in [0.4, 0.5) is 4.39 Å². The molecule has 1 aliphatic carbocycles. The lowest BCUT2D eigenvalue weighted by atomic mass is 9.85. The smallest absolute Gasteiger partial charge is 0.123 e. The highest BCUT2D eigenvalue weighted by molar-refractivity contribution is 5.45. The molecule has 0 heterocycles. The molecular formula is C18H20FNO. The highest BCUT2D eigenvalue weighted by Gasteiger charge is 2.35. The number of nitrogens with two attached hydrogens (primary N) is 1. The number of halogens is 1. The van der Waals surface area contributed by atoms with E-state index in [1.165, 1.54) is 11.6 Å². The molecule has 2 N–H and O–H groups in total. The van der Waals surface area contributed by atoms with Crippen molar-refractivity contribution in [1.82, 2.24) is 0 Å². The van der Waals surface area contributed by atoms with E-state index < -0.39 is 5.54 Å². The van der Waals surface area contributed by atoms with Crippen LogP contribution in [0.2, 0.25) is 0 Å². The second kappa shape index (κ2) is 5.15. The molecule has 1 aliphatic rings. The summed E-state index contributed by atoms with van der Waals surface area (Å²) in [4.78, 5) is 0. The van der Waals surface area contributed by atoms with E-state index >= 15 is 0 Å². The second-order valence-electron chi connectivity index (χ2n) is 5.93. The molecule has 3 rings (SSSR count). The van der Waals surface area contributed by atoms with Gasteiger partial charge in [-0.1, -0.05) is 12.1 Å². The second-order valence-corrected chi connectivity index (χ2v) is 5.93. The van der Waals surface area contributed by atoms with Gasteiger partial charge >= 0.3 is 0 Å². The lowest BCUT2D eigenvalue weighted by molar-refractivity contribution is 0.407. The standard InChI is InChI=1S/C18H20FNO/c1-12-3-5-15(19)9-14(12)11-18(20)8-7-13-4-6-16(21-2)10-17(13)18/h3-6,9-10H,7-8,11,20H2,1-2H3. The van der Waals surface area contributed by atoms with Crippen molar-refractivity contribution in [3.05, 3.63) is 64.5 Å². The number of ether oxygens (including phenoxy) is 1. The molecule has 3 heteroatoms. The number of hydrogen-bond acceptors (Lipinski definition) is 2. The number of methoxy groups -OCH3 is 1. The first kappa shape index (κ1) is 14.1. The zero-order valence-electron chi connectivity index (χ0n) is 12.4. The highest BCUT2D eigenvalue weighted by Crippen LogP contribution is 2.39. The van der Waals surface area contributed by atoms with E-state index in [0.29, 0.717) is 6.42 Å². The molecule has 2 aromatic carbocycles. The van der Waals surface area contributed by atoms with Gasteiger partial charge in [0.25, 0.3) is 0 Å². The number of benzene rings is 2.